The highest BCUT2D eigenvalue weighted by Crippen LogP contribution is 2.58. The molecule has 1 aromatic heterocycles. The SMILES string of the molecule is COc1ccc(C23CC(c4c(C)nn(-c5ccccc5)c4Sc4ccccc4)Sc4ccccc4N2C(c2ccc(Cl)cc2)=NO3)cc1. The van der Waals surface area contributed by atoms with Gasteiger partial charge in [-0.15, -0.1) is 11.8 Å². The Labute approximate surface area is 293 Å². The van der Waals surface area contributed by atoms with Crippen LogP contribution in [0.4, 0.5) is 5.69 Å². The highest BCUT2D eigenvalue weighted by Gasteiger charge is 2.53. The molecule has 6 nitrogen and oxygen atoms in total. The molecular formula is C39H31ClN4O2S2. The molecule has 8 rings (SSSR count). The molecule has 0 saturated carbocycles. The van der Waals surface area contributed by atoms with Gasteiger partial charge in [0.15, 0.2) is 5.84 Å². The van der Waals surface area contributed by atoms with Gasteiger partial charge >= 0.3 is 0 Å². The van der Waals surface area contributed by atoms with Crippen molar-refractivity contribution in [2.75, 3.05) is 12.0 Å². The molecule has 6 aromatic rings. The predicted molar refractivity (Wildman–Crippen MR) is 195 cm³/mol. The lowest BCUT2D eigenvalue weighted by atomic mass is 9.92. The molecule has 0 radical (unpaired) electrons. The van der Waals surface area contributed by atoms with Crippen LogP contribution >= 0.6 is 35.1 Å². The van der Waals surface area contributed by atoms with Gasteiger partial charge in [-0.05, 0) is 91.9 Å². The molecule has 0 fully saturated rings. The number of ether oxygens (including phenoxy) is 1. The van der Waals surface area contributed by atoms with Crippen molar-refractivity contribution in [3.05, 3.63) is 161 Å². The number of thioether (sulfide) groups is 1. The maximum absolute atomic E-state index is 6.77. The van der Waals surface area contributed by atoms with E-state index in [9.17, 15) is 0 Å². The second kappa shape index (κ2) is 12.8. The Morgan fingerprint density at radius 1 is 0.854 bits per heavy atom. The number of para-hydroxylation sites is 2. The minimum atomic E-state index is -0.971. The Hall–Kier alpha value is -4.63. The molecule has 2 aliphatic rings. The number of aromatic nitrogens is 2. The number of benzene rings is 5. The average molecular weight is 687 g/mol. The number of hydrogen-bond donors (Lipinski definition) is 0. The molecular weight excluding hydrogens is 656 g/mol. The van der Waals surface area contributed by atoms with Crippen LogP contribution < -0.4 is 9.64 Å². The number of halogens is 1. The Balaban J connectivity index is 1.34. The zero-order chi connectivity index (χ0) is 32.7. The van der Waals surface area contributed by atoms with E-state index in [0.717, 1.165) is 54.6 Å². The van der Waals surface area contributed by atoms with Crippen LogP contribution in [0, 0.1) is 6.92 Å². The predicted octanol–water partition coefficient (Wildman–Crippen LogP) is 10.3. The number of hydrogen-bond acceptors (Lipinski definition) is 7. The minimum Gasteiger partial charge on any atom is -0.497 e. The fourth-order valence-electron chi connectivity index (χ4n) is 6.42. The van der Waals surface area contributed by atoms with E-state index in [4.69, 9.17) is 31.4 Å². The summed E-state index contributed by atoms with van der Waals surface area (Å²) < 4.78 is 7.64. The summed E-state index contributed by atoms with van der Waals surface area (Å²) >= 11 is 9.91. The van der Waals surface area contributed by atoms with E-state index >= 15 is 0 Å². The molecule has 0 bridgehead atoms. The van der Waals surface area contributed by atoms with Gasteiger partial charge in [0.1, 0.15) is 10.8 Å². The highest BCUT2D eigenvalue weighted by molar-refractivity contribution is 8.00. The third-order valence-electron chi connectivity index (χ3n) is 8.68. The van der Waals surface area contributed by atoms with Crippen molar-refractivity contribution in [3.8, 4) is 11.4 Å². The highest BCUT2D eigenvalue weighted by atomic mass is 35.5. The van der Waals surface area contributed by atoms with Crippen molar-refractivity contribution in [2.45, 2.75) is 39.1 Å². The number of methoxy groups -OCH3 is 1. The van der Waals surface area contributed by atoms with Gasteiger partial charge < -0.3 is 9.57 Å². The van der Waals surface area contributed by atoms with E-state index in [1.54, 1.807) is 18.9 Å². The van der Waals surface area contributed by atoms with Crippen LogP contribution in [0.25, 0.3) is 5.69 Å². The third-order valence-corrected chi connectivity index (χ3v) is 11.3. The molecule has 0 spiro atoms. The lowest BCUT2D eigenvalue weighted by Gasteiger charge is -2.38. The number of fused-ring (bicyclic) bond motifs is 3. The van der Waals surface area contributed by atoms with E-state index < -0.39 is 5.72 Å². The van der Waals surface area contributed by atoms with Gasteiger partial charge in [0.25, 0.3) is 0 Å². The van der Waals surface area contributed by atoms with E-state index in [1.807, 2.05) is 60.3 Å². The molecule has 2 atom stereocenters. The topological polar surface area (TPSA) is 51.9 Å². The standard InChI is InChI=1S/C39H31ClN4O2S2/c1-26-36(38(47-32-13-7-4-8-14-32)44(41-26)30-11-5-3-6-12-30)35-25-39(28-19-23-31(45-2)24-20-28)43(33-15-9-10-16-34(33)48-35)37(42-46-39)27-17-21-29(40)22-18-27/h3-24,35H,25H2,1-2H3. The third kappa shape index (κ3) is 5.44. The molecule has 0 N–H and O–H groups in total. The summed E-state index contributed by atoms with van der Waals surface area (Å²) in [5, 5.41) is 11.7. The number of aryl methyl sites for hydroxylation is 1. The van der Waals surface area contributed by atoms with Crippen LogP contribution in [0.5, 0.6) is 5.75 Å². The van der Waals surface area contributed by atoms with E-state index in [2.05, 4.69) is 101 Å². The average Bonchev–Trinajstić information content (AvgIpc) is 3.62. The number of anilines is 1. The van der Waals surface area contributed by atoms with Gasteiger partial charge in [0.2, 0.25) is 5.72 Å². The first-order valence-corrected chi connectivity index (χ1v) is 17.7. The maximum atomic E-state index is 6.77. The van der Waals surface area contributed by atoms with Crippen LogP contribution in [0.15, 0.2) is 153 Å². The number of oxime groups is 1. The van der Waals surface area contributed by atoms with Crippen LogP contribution in [-0.4, -0.2) is 22.7 Å². The van der Waals surface area contributed by atoms with Crippen molar-refractivity contribution in [1.82, 2.24) is 9.78 Å². The smallest absolute Gasteiger partial charge is 0.242 e. The molecule has 0 aliphatic carbocycles. The molecule has 238 valence electrons. The first-order chi connectivity index (χ1) is 23.5. The Kier molecular flexibility index (Phi) is 8.16. The van der Waals surface area contributed by atoms with Crippen molar-refractivity contribution < 1.29 is 9.57 Å². The first-order valence-electron chi connectivity index (χ1n) is 15.6. The molecule has 5 aromatic carbocycles. The van der Waals surface area contributed by atoms with Crippen molar-refractivity contribution in [1.29, 1.82) is 0 Å². The van der Waals surface area contributed by atoms with E-state index in [1.165, 1.54) is 5.56 Å². The fourth-order valence-corrected chi connectivity index (χ4v) is 9.22. The normalized spacial score (nSPS) is 18.4. The Morgan fingerprint density at radius 2 is 1.54 bits per heavy atom. The largest absolute Gasteiger partial charge is 0.497 e. The zero-order valence-electron chi connectivity index (χ0n) is 26.3. The molecule has 3 heterocycles. The molecule has 2 aliphatic heterocycles. The fraction of sp³-hybridized carbons (Fsp3) is 0.128. The summed E-state index contributed by atoms with van der Waals surface area (Å²) in [6, 6.07) is 45.3. The van der Waals surface area contributed by atoms with Gasteiger partial charge in [-0.25, -0.2) is 4.68 Å². The molecule has 9 heteroatoms. The molecule has 0 saturated heterocycles. The number of amidine groups is 1. The second-order valence-electron chi connectivity index (χ2n) is 11.6. The summed E-state index contributed by atoms with van der Waals surface area (Å²) in [4.78, 5) is 11.3. The molecule has 48 heavy (non-hydrogen) atoms. The van der Waals surface area contributed by atoms with E-state index in [-0.39, 0.29) is 5.25 Å². The lowest BCUT2D eigenvalue weighted by Crippen LogP contribution is -2.47. The van der Waals surface area contributed by atoms with Gasteiger partial charge in [0, 0.05) is 43.2 Å². The lowest BCUT2D eigenvalue weighted by molar-refractivity contribution is -0.0284. The van der Waals surface area contributed by atoms with Gasteiger partial charge in [-0.2, -0.15) is 5.10 Å². The van der Waals surface area contributed by atoms with Crippen LogP contribution in [0.3, 0.4) is 0 Å². The quantitative estimate of drug-likeness (QED) is 0.167. The Bertz CT molecular complexity index is 2100. The van der Waals surface area contributed by atoms with Crippen molar-refractivity contribution >= 4 is 46.6 Å². The summed E-state index contributed by atoms with van der Waals surface area (Å²) in [6.07, 6.45) is 0.586. The van der Waals surface area contributed by atoms with Crippen molar-refractivity contribution in [3.63, 3.8) is 0 Å². The Morgan fingerprint density at radius 3 is 2.27 bits per heavy atom. The van der Waals surface area contributed by atoms with Crippen LogP contribution in [-0.2, 0) is 10.6 Å². The van der Waals surface area contributed by atoms with Crippen LogP contribution in [0.1, 0.15) is 34.1 Å². The molecule has 0 amide bonds. The summed E-state index contributed by atoms with van der Waals surface area (Å²) in [5.41, 5.74) is 5.11. The van der Waals surface area contributed by atoms with Gasteiger partial charge in [0.05, 0.1) is 24.2 Å². The first kappa shape index (κ1) is 30.7. The summed E-state index contributed by atoms with van der Waals surface area (Å²) in [7, 11) is 1.68. The summed E-state index contributed by atoms with van der Waals surface area (Å²) in [6.45, 7) is 2.12. The van der Waals surface area contributed by atoms with Gasteiger partial charge in [-0.3, -0.25) is 4.90 Å². The monoisotopic (exact) mass is 686 g/mol. The zero-order valence-corrected chi connectivity index (χ0v) is 28.7. The number of rotatable bonds is 7. The minimum absolute atomic E-state index is 0.0540. The van der Waals surface area contributed by atoms with Crippen LogP contribution in [0.2, 0.25) is 5.02 Å². The molecule has 2 unspecified atom stereocenters. The second-order valence-corrected chi connectivity index (χ2v) is 14.3. The van der Waals surface area contributed by atoms with Crippen molar-refractivity contribution in [2.24, 2.45) is 5.16 Å². The summed E-state index contributed by atoms with van der Waals surface area (Å²) in [5.74, 6) is 1.51. The number of nitrogens with zero attached hydrogens (tertiary/aromatic N) is 4. The van der Waals surface area contributed by atoms with Gasteiger partial charge in [-0.1, -0.05) is 77.0 Å². The maximum Gasteiger partial charge on any atom is 0.242 e. The van der Waals surface area contributed by atoms with E-state index in [0.29, 0.717) is 11.4 Å².